The van der Waals surface area contributed by atoms with Crippen molar-refractivity contribution in [1.29, 1.82) is 0 Å². The van der Waals surface area contributed by atoms with Crippen LogP contribution in [0.25, 0.3) is 22.0 Å². The first-order valence-electron chi connectivity index (χ1n) is 10.9. The van der Waals surface area contributed by atoms with Crippen LogP contribution in [0.15, 0.2) is 28.7 Å². The number of ether oxygens (including phenoxy) is 1. The SMILES string of the molecule is CCCCCCCn1c2cc(C(F)(F)F)ccc2c2oc(C(=O)N3CCOCC3)cc21. The van der Waals surface area contributed by atoms with Crippen molar-refractivity contribution in [2.24, 2.45) is 0 Å². The van der Waals surface area contributed by atoms with Crippen LogP contribution in [0.4, 0.5) is 13.2 Å². The molecule has 0 aliphatic carbocycles. The number of carbonyl (C=O) groups is 1. The first-order chi connectivity index (χ1) is 14.9. The highest BCUT2D eigenvalue weighted by Gasteiger charge is 2.32. The Bertz CT molecular complexity index is 1060. The van der Waals surface area contributed by atoms with Crippen LogP contribution in [0.3, 0.4) is 0 Å². The number of nitrogens with zero attached hydrogens (tertiary/aromatic N) is 2. The van der Waals surface area contributed by atoms with E-state index in [0.717, 1.165) is 38.2 Å². The Morgan fingerprint density at radius 2 is 1.77 bits per heavy atom. The summed E-state index contributed by atoms with van der Waals surface area (Å²) in [7, 11) is 0. The molecule has 0 N–H and O–H groups in total. The number of aromatic nitrogens is 1. The number of aryl methyl sites for hydroxylation is 1. The quantitative estimate of drug-likeness (QED) is 0.437. The summed E-state index contributed by atoms with van der Waals surface area (Å²) in [6.45, 7) is 4.68. The average Bonchev–Trinajstić information content (AvgIpc) is 3.31. The molecule has 1 amide bonds. The van der Waals surface area contributed by atoms with Crippen LogP contribution in [0, 0.1) is 0 Å². The molecule has 1 aromatic carbocycles. The molecule has 0 radical (unpaired) electrons. The van der Waals surface area contributed by atoms with Crippen molar-refractivity contribution < 1.29 is 27.1 Å². The second-order valence-corrected chi connectivity index (χ2v) is 8.03. The molecule has 1 saturated heterocycles. The van der Waals surface area contributed by atoms with Crippen LogP contribution in [0.2, 0.25) is 0 Å². The van der Waals surface area contributed by atoms with E-state index in [4.69, 9.17) is 9.15 Å². The normalized spacial score (nSPS) is 15.3. The number of carbonyl (C=O) groups excluding carboxylic acids is 1. The maximum atomic E-state index is 13.3. The number of alkyl halides is 3. The van der Waals surface area contributed by atoms with Gasteiger partial charge in [0.2, 0.25) is 0 Å². The fourth-order valence-corrected chi connectivity index (χ4v) is 4.17. The molecule has 0 bridgehead atoms. The van der Waals surface area contributed by atoms with Crippen LogP contribution in [0.5, 0.6) is 0 Å². The minimum absolute atomic E-state index is 0.214. The lowest BCUT2D eigenvalue weighted by atomic mass is 10.1. The average molecular weight is 436 g/mol. The number of furan rings is 1. The van der Waals surface area contributed by atoms with E-state index >= 15 is 0 Å². The molecule has 0 saturated carbocycles. The van der Waals surface area contributed by atoms with Crippen molar-refractivity contribution in [3.8, 4) is 0 Å². The second kappa shape index (κ2) is 8.94. The molecule has 0 spiro atoms. The predicted molar refractivity (Wildman–Crippen MR) is 112 cm³/mol. The van der Waals surface area contributed by atoms with E-state index in [9.17, 15) is 18.0 Å². The molecule has 8 heteroatoms. The monoisotopic (exact) mass is 436 g/mol. The van der Waals surface area contributed by atoms with Gasteiger partial charge < -0.3 is 18.6 Å². The molecule has 1 fully saturated rings. The van der Waals surface area contributed by atoms with Crippen molar-refractivity contribution in [3.63, 3.8) is 0 Å². The van der Waals surface area contributed by atoms with Crippen LogP contribution in [0.1, 0.15) is 55.1 Å². The van der Waals surface area contributed by atoms with E-state index in [1.54, 1.807) is 11.0 Å². The van der Waals surface area contributed by atoms with Gasteiger partial charge in [0, 0.05) is 31.1 Å². The molecular weight excluding hydrogens is 409 g/mol. The highest BCUT2D eigenvalue weighted by atomic mass is 19.4. The van der Waals surface area contributed by atoms with E-state index in [1.165, 1.54) is 12.1 Å². The first kappa shape index (κ1) is 21.7. The number of hydrogen-bond donors (Lipinski definition) is 0. The molecule has 31 heavy (non-hydrogen) atoms. The van der Waals surface area contributed by atoms with Crippen molar-refractivity contribution in [1.82, 2.24) is 9.47 Å². The third kappa shape index (κ3) is 4.44. The van der Waals surface area contributed by atoms with E-state index in [2.05, 4.69) is 6.92 Å². The Labute approximate surface area is 178 Å². The van der Waals surface area contributed by atoms with Gasteiger partial charge in [0.1, 0.15) is 0 Å². The number of fused-ring (bicyclic) bond motifs is 3. The molecule has 0 atom stereocenters. The van der Waals surface area contributed by atoms with Gasteiger partial charge in [-0.2, -0.15) is 13.2 Å². The lowest BCUT2D eigenvalue weighted by Gasteiger charge is -2.25. The minimum atomic E-state index is -4.41. The van der Waals surface area contributed by atoms with Gasteiger partial charge in [-0.3, -0.25) is 4.79 Å². The standard InChI is InChI=1S/C23H27F3N2O3/c1-2-3-4-5-6-9-28-18-14-16(23(24,25)26)7-8-17(18)21-19(28)15-20(31-21)22(29)27-10-12-30-13-11-27/h7-8,14-15H,2-6,9-13H2,1H3. The molecule has 3 aromatic rings. The van der Waals surface area contributed by atoms with Gasteiger partial charge in [-0.15, -0.1) is 0 Å². The Kier molecular flexibility index (Phi) is 6.27. The summed E-state index contributed by atoms with van der Waals surface area (Å²) in [5.41, 5.74) is 0.941. The molecule has 168 valence electrons. The molecule has 3 heterocycles. The maximum absolute atomic E-state index is 13.3. The highest BCUT2D eigenvalue weighted by molar-refractivity contribution is 6.07. The first-order valence-corrected chi connectivity index (χ1v) is 10.9. The van der Waals surface area contributed by atoms with Gasteiger partial charge in [-0.05, 0) is 24.6 Å². The Morgan fingerprint density at radius 1 is 1.03 bits per heavy atom. The van der Waals surface area contributed by atoms with Gasteiger partial charge in [0.25, 0.3) is 5.91 Å². The molecule has 1 aliphatic heterocycles. The summed E-state index contributed by atoms with van der Waals surface area (Å²) in [6.07, 6.45) is 0.810. The highest BCUT2D eigenvalue weighted by Crippen LogP contribution is 2.37. The van der Waals surface area contributed by atoms with Gasteiger partial charge >= 0.3 is 6.18 Å². The number of amides is 1. The molecule has 4 rings (SSSR count). The van der Waals surface area contributed by atoms with Crippen molar-refractivity contribution in [3.05, 3.63) is 35.6 Å². The van der Waals surface area contributed by atoms with E-state index in [-0.39, 0.29) is 11.7 Å². The summed E-state index contributed by atoms with van der Waals surface area (Å²) in [6, 6.07) is 5.37. The van der Waals surface area contributed by atoms with Gasteiger partial charge in [-0.1, -0.05) is 32.6 Å². The van der Waals surface area contributed by atoms with Crippen LogP contribution >= 0.6 is 0 Å². The summed E-state index contributed by atoms with van der Waals surface area (Å²) in [4.78, 5) is 14.5. The molecular formula is C23H27F3N2O3. The van der Waals surface area contributed by atoms with E-state index in [1.807, 2.05) is 4.57 Å². The zero-order chi connectivity index (χ0) is 22.0. The van der Waals surface area contributed by atoms with Crippen LogP contribution in [-0.4, -0.2) is 41.7 Å². The van der Waals surface area contributed by atoms with Crippen molar-refractivity contribution in [2.75, 3.05) is 26.3 Å². The number of morpholine rings is 1. The van der Waals surface area contributed by atoms with E-state index in [0.29, 0.717) is 54.9 Å². The van der Waals surface area contributed by atoms with Gasteiger partial charge in [0.05, 0.1) is 29.8 Å². The molecule has 5 nitrogen and oxygen atoms in total. The maximum Gasteiger partial charge on any atom is 0.416 e. The fraction of sp³-hybridized carbons (Fsp3) is 0.522. The number of hydrogen-bond acceptors (Lipinski definition) is 3. The van der Waals surface area contributed by atoms with Crippen LogP contribution < -0.4 is 0 Å². The Morgan fingerprint density at radius 3 is 2.48 bits per heavy atom. The lowest BCUT2D eigenvalue weighted by molar-refractivity contribution is -0.137. The largest absolute Gasteiger partial charge is 0.449 e. The lowest BCUT2D eigenvalue weighted by Crippen LogP contribution is -2.40. The van der Waals surface area contributed by atoms with Crippen LogP contribution in [-0.2, 0) is 17.5 Å². The molecule has 1 aliphatic rings. The predicted octanol–water partition coefficient (Wildman–Crippen LogP) is 5.85. The van der Waals surface area contributed by atoms with E-state index < -0.39 is 11.7 Å². The molecule has 2 aromatic heterocycles. The topological polar surface area (TPSA) is 47.6 Å². The zero-order valence-electron chi connectivity index (χ0n) is 17.6. The summed E-state index contributed by atoms with van der Waals surface area (Å²) >= 11 is 0. The van der Waals surface area contributed by atoms with Gasteiger partial charge in [0.15, 0.2) is 11.3 Å². The van der Waals surface area contributed by atoms with Gasteiger partial charge in [-0.25, -0.2) is 0 Å². The summed E-state index contributed by atoms with van der Waals surface area (Å²) in [5.74, 6) is 0.00230. The summed E-state index contributed by atoms with van der Waals surface area (Å²) in [5, 5.41) is 0.595. The Balaban J connectivity index is 1.72. The minimum Gasteiger partial charge on any atom is -0.449 e. The number of halogens is 3. The number of rotatable bonds is 7. The third-order valence-electron chi connectivity index (χ3n) is 5.86. The summed E-state index contributed by atoms with van der Waals surface area (Å²) < 4.78 is 53.0. The fourth-order valence-electron chi connectivity index (χ4n) is 4.17. The van der Waals surface area contributed by atoms with Crippen molar-refractivity contribution in [2.45, 2.75) is 51.7 Å². The number of benzene rings is 1. The number of unbranched alkanes of at least 4 members (excludes halogenated alkanes) is 4. The zero-order valence-corrected chi connectivity index (χ0v) is 17.6. The molecule has 0 unspecified atom stereocenters. The third-order valence-corrected chi connectivity index (χ3v) is 5.86. The second-order valence-electron chi connectivity index (χ2n) is 8.03. The van der Waals surface area contributed by atoms with Crippen molar-refractivity contribution >= 4 is 27.9 Å². The Hall–Kier alpha value is -2.48. The smallest absolute Gasteiger partial charge is 0.416 e.